The molecule has 0 aromatic rings. The van der Waals surface area contributed by atoms with Crippen LogP contribution in [0, 0.1) is 0 Å². The highest BCUT2D eigenvalue weighted by Gasteiger charge is 2.17. The zero-order valence-electron chi connectivity index (χ0n) is 39.1. The molecular weight excluding hydrogens is 711 g/mol. The van der Waals surface area contributed by atoms with Gasteiger partial charge in [-0.25, -0.2) is 0 Å². The van der Waals surface area contributed by atoms with Gasteiger partial charge in [0.25, 0.3) is 0 Å². The van der Waals surface area contributed by atoms with Gasteiger partial charge in [0, 0.05) is 6.42 Å². The Bertz CT molecular complexity index is 923. The second-order valence-corrected chi connectivity index (χ2v) is 17.6. The van der Waals surface area contributed by atoms with Crippen LogP contribution in [0.5, 0.6) is 0 Å². The van der Waals surface area contributed by atoms with Crippen molar-refractivity contribution in [1.82, 2.24) is 5.32 Å². The fourth-order valence-corrected chi connectivity index (χ4v) is 7.88. The third kappa shape index (κ3) is 45.4. The first-order valence-corrected chi connectivity index (χ1v) is 25.9. The van der Waals surface area contributed by atoms with Crippen molar-refractivity contribution in [2.45, 2.75) is 283 Å². The molecule has 0 aromatic carbocycles. The van der Waals surface area contributed by atoms with Crippen LogP contribution in [-0.2, 0) is 4.79 Å². The van der Waals surface area contributed by atoms with E-state index in [1.54, 1.807) is 6.08 Å². The van der Waals surface area contributed by atoms with Gasteiger partial charge in [-0.3, -0.25) is 4.79 Å². The molecule has 0 bridgehead atoms. The Morgan fingerprint density at radius 1 is 0.431 bits per heavy atom. The molecule has 0 radical (unpaired) electrons. The topological polar surface area (TPSA) is 69.6 Å². The van der Waals surface area contributed by atoms with Gasteiger partial charge < -0.3 is 15.5 Å². The number of allylic oxidation sites excluding steroid dienone is 7. The number of amides is 1. The number of rotatable bonds is 47. The maximum atomic E-state index is 12.4. The van der Waals surface area contributed by atoms with Crippen molar-refractivity contribution in [3.05, 3.63) is 48.6 Å². The zero-order valence-corrected chi connectivity index (χ0v) is 39.1. The summed E-state index contributed by atoms with van der Waals surface area (Å²) in [6.45, 7) is 4.22. The second-order valence-electron chi connectivity index (χ2n) is 17.6. The molecule has 4 heteroatoms. The minimum atomic E-state index is -0.863. The van der Waals surface area contributed by atoms with E-state index in [0.29, 0.717) is 6.42 Å². The average molecular weight is 812 g/mol. The third-order valence-corrected chi connectivity index (χ3v) is 11.8. The fraction of sp³-hybridized carbons (Fsp3) is 0.833. The average Bonchev–Trinajstić information content (AvgIpc) is 3.23. The molecule has 0 aliphatic carbocycles. The van der Waals surface area contributed by atoms with E-state index in [9.17, 15) is 15.0 Å². The number of nitrogens with one attached hydrogen (secondary N) is 1. The zero-order chi connectivity index (χ0) is 42.1. The van der Waals surface area contributed by atoms with Crippen LogP contribution in [0.25, 0.3) is 0 Å². The maximum Gasteiger partial charge on any atom is 0.220 e. The molecule has 0 spiro atoms. The summed E-state index contributed by atoms with van der Waals surface area (Å²) >= 11 is 0. The summed E-state index contributed by atoms with van der Waals surface area (Å²) in [7, 11) is 0. The van der Waals surface area contributed by atoms with E-state index in [1.807, 2.05) is 6.08 Å². The van der Waals surface area contributed by atoms with Crippen LogP contribution >= 0.6 is 0 Å². The molecule has 0 fully saturated rings. The van der Waals surface area contributed by atoms with E-state index in [2.05, 4.69) is 55.6 Å². The summed E-state index contributed by atoms with van der Waals surface area (Å²) in [6.07, 6.45) is 68.3. The largest absolute Gasteiger partial charge is 0.394 e. The molecule has 2 atom stereocenters. The Hall–Kier alpha value is -1.65. The lowest BCUT2D eigenvalue weighted by atomic mass is 10.0. The smallest absolute Gasteiger partial charge is 0.220 e. The minimum Gasteiger partial charge on any atom is -0.394 e. The predicted octanol–water partition coefficient (Wildman–Crippen LogP) is 16.7. The molecule has 2 unspecified atom stereocenters. The van der Waals surface area contributed by atoms with Gasteiger partial charge in [0.15, 0.2) is 0 Å². The molecule has 1 amide bonds. The normalized spacial score (nSPS) is 13.2. The molecule has 0 aliphatic heterocycles. The van der Waals surface area contributed by atoms with Crippen LogP contribution in [0.1, 0.15) is 271 Å². The van der Waals surface area contributed by atoms with Crippen LogP contribution in [0.3, 0.4) is 0 Å². The Kier molecular flexibility index (Phi) is 48.3. The Morgan fingerprint density at radius 3 is 1.19 bits per heavy atom. The summed E-state index contributed by atoms with van der Waals surface area (Å²) < 4.78 is 0. The summed E-state index contributed by atoms with van der Waals surface area (Å²) in [4.78, 5) is 12.4. The SMILES string of the molecule is CC/C=C\C/C=C\CCCCCCCCCCCCCCCCC(=O)NC(CO)C(O)/C=C/CC/C=C/CCCCCCCCCCCCCCCCCCCCC. The van der Waals surface area contributed by atoms with Crippen LogP contribution < -0.4 is 5.32 Å². The summed E-state index contributed by atoms with van der Waals surface area (Å²) in [6, 6.07) is -0.640. The van der Waals surface area contributed by atoms with E-state index >= 15 is 0 Å². The number of unbranched alkanes of at least 4 members (excludes halogenated alkanes) is 34. The van der Waals surface area contributed by atoms with Crippen LogP contribution in [0.4, 0.5) is 0 Å². The van der Waals surface area contributed by atoms with Gasteiger partial charge in [-0.1, -0.05) is 255 Å². The number of aliphatic hydroxyl groups excluding tert-OH is 2. The number of hydrogen-bond donors (Lipinski definition) is 3. The first-order valence-electron chi connectivity index (χ1n) is 25.9. The molecule has 0 heterocycles. The van der Waals surface area contributed by atoms with E-state index in [1.165, 1.54) is 205 Å². The van der Waals surface area contributed by atoms with Crippen molar-refractivity contribution in [2.24, 2.45) is 0 Å². The van der Waals surface area contributed by atoms with Crippen molar-refractivity contribution in [3.63, 3.8) is 0 Å². The van der Waals surface area contributed by atoms with Gasteiger partial charge >= 0.3 is 0 Å². The van der Waals surface area contributed by atoms with Crippen molar-refractivity contribution < 1.29 is 15.0 Å². The first-order chi connectivity index (χ1) is 28.7. The molecular formula is C54H101NO3. The molecule has 0 saturated carbocycles. The van der Waals surface area contributed by atoms with Gasteiger partial charge in [-0.15, -0.1) is 0 Å². The molecule has 0 rings (SSSR count). The lowest BCUT2D eigenvalue weighted by molar-refractivity contribution is -0.123. The molecule has 0 aromatic heterocycles. The van der Waals surface area contributed by atoms with Gasteiger partial charge in [0.05, 0.1) is 18.8 Å². The van der Waals surface area contributed by atoms with Crippen molar-refractivity contribution >= 4 is 5.91 Å². The number of carbonyl (C=O) groups excluding carboxylic acids is 1. The summed E-state index contributed by atoms with van der Waals surface area (Å²) in [5.41, 5.74) is 0. The summed E-state index contributed by atoms with van der Waals surface area (Å²) in [5, 5.41) is 23.1. The molecule has 58 heavy (non-hydrogen) atoms. The Labute approximate surface area is 363 Å². The van der Waals surface area contributed by atoms with Gasteiger partial charge in [0.1, 0.15) is 0 Å². The van der Waals surface area contributed by atoms with Crippen LogP contribution in [0.15, 0.2) is 48.6 Å². The number of hydrogen-bond acceptors (Lipinski definition) is 3. The quantitative estimate of drug-likeness (QED) is 0.0423. The Balaban J connectivity index is 3.54. The van der Waals surface area contributed by atoms with Crippen molar-refractivity contribution in [1.29, 1.82) is 0 Å². The first kappa shape index (κ1) is 56.4. The van der Waals surface area contributed by atoms with Gasteiger partial charge in [-0.05, 0) is 57.8 Å². The standard InChI is InChI=1S/C54H101NO3/c1-3-5-7-9-11-13-15-17-19-21-23-25-26-27-28-30-31-33-35-37-39-41-43-45-47-49-53(57)52(51-56)55-54(58)50-48-46-44-42-40-38-36-34-32-29-24-22-20-18-16-14-12-10-8-6-4-2/h6,8,12,14,39,41,47,49,52-53,56-57H,3-5,7,9-11,13,15-38,40,42-46,48,50-51H2,1-2H3,(H,55,58)/b8-6-,14-12-,41-39+,49-47+. The van der Waals surface area contributed by atoms with E-state index in [4.69, 9.17) is 0 Å². The lowest BCUT2D eigenvalue weighted by Gasteiger charge is -2.19. The monoisotopic (exact) mass is 812 g/mol. The highest BCUT2D eigenvalue weighted by atomic mass is 16.3. The van der Waals surface area contributed by atoms with Crippen molar-refractivity contribution in [2.75, 3.05) is 6.61 Å². The molecule has 0 saturated heterocycles. The number of aliphatic hydroxyl groups is 2. The molecule has 0 aliphatic rings. The van der Waals surface area contributed by atoms with Gasteiger partial charge in [-0.2, -0.15) is 0 Å². The Morgan fingerprint density at radius 2 is 0.776 bits per heavy atom. The number of carbonyl (C=O) groups is 1. The van der Waals surface area contributed by atoms with Crippen LogP contribution in [-0.4, -0.2) is 34.9 Å². The highest BCUT2D eigenvalue weighted by Crippen LogP contribution is 2.16. The predicted molar refractivity (Wildman–Crippen MR) is 258 cm³/mol. The summed E-state index contributed by atoms with van der Waals surface area (Å²) in [5.74, 6) is -0.0726. The lowest BCUT2D eigenvalue weighted by Crippen LogP contribution is -2.45. The fourth-order valence-electron chi connectivity index (χ4n) is 7.88. The van der Waals surface area contributed by atoms with Crippen molar-refractivity contribution in [3.8, 4) is 0 Å². The molecule has 3 N–H and O–H groups in total. The molecule has 340 valence electrons. The minimum absolute atomic E-state index is 0.0726. The molecule has 4 nitrogen and oxygen atoms in total. The highest BCUT2D eigenvalue weighted by molar-refractivity contribution is 5.76. The van der Waals surface area contributed by atoms with Crippen LogP contribution in [0.2, 0.25) is 0 Å². The van der Waals surface area contributed by atoms with E-state index in [0.717, 1.165) is 44.9 Å². The van der Waals surface area contributed by atoms with Gasteiger partial charge in [0.2, 0.25) is 5.91 Å². The van der Waals surface area contributed by atoms with E-state index < -0.39 is 12.1 Å². The third-order valence-electron chi connectivity index (χ3n) is 11.8. The second kappa shape index (κ2) is 49.7. The maximum absolute atomic E-state index is 12.4. The van der Waals surface area contributed by atoms with E-state index in [-0.39, 0.29) is 12.5 Å².